The molecule has 1 aliphatic carbocycles. The molecule has 0 saturated heterocycles. The first-order valence-corrected chi connectivity index (χ1v) is 12.9. The maximum absolute atomic E-state index is 11.8. The number of hydrogen-bond acceptors (Lipinski definition) is 6. The van der Waals surface area contributed by atoms with Gasteiger partial charge in [0.15, 0.2) is 6.79 Å². The second kappa shape index (κ2) is 11.1. The smallest absolute Gasteiger partial charge is 0.330 e. The van der Waals surface area contributed by atoms with Crippen LogP contribution in [0.15, 0.2) is 60.7 Å². The first kappa shape index (κ1) is 25.5. The first-order valence-electron chi connectivity index (χ1n) is 12.9. The number of esters is 2. The molecule has 2 atom stereocenters. The fraction of sp³-hybridized carbons (Fsp3) is 0.250. The normalized spacial score (nSPS) is 18.2. The molecule has 194 valence electrons. The molecular weight excluding hydrogens is 480 g/mol. The molecule has 0 fully saturated rings. The minimum Gasteiger partial charge on any atom is -0.467 e. The summed E-state index contributed by atoms with van der Waals surface area (Å²) >= 11 is 0. The summed E-state index contributed by atoms with van der Waals surface area (Å²) in [6, 6.07) is 16.3. The van der Waals surface area contributed by atoms with E-state index in [4.69, 9.17) is 18.9 Å². The largest absolute Gasteiger partial charge is 0.467 e. The fourth-order valence-electron chi connectivity index (χ4n) is 5.08. The molecule has 6 nitrogen and oxygen atoms in total. The SMILES string of the molecule is CCOC(=O)/C=C/c1ccc2c(c1)=CC(C)[C@@H]1OCOc3ccc4cc(/C=C/C(=O)OCC)ccc4c3C=21. The van der Waals surface area contributed by atoms with Gasteiger partial charge < -0.3 is 18.9 Å². The number of fused-ring (bicyclic) bond motifs is 6. The maximum atomic E-state index is 11.8. The number of benzene rings is 3. The van der Waals surface area contributed by atoms with Gasteiger partial charge in [-0.15, -0.1) is 0 Å². The van der Waals surface area contributed by atoms with Crippen molar-refractivity contribution in [1.82, 2.24) is 0 Å². The molecule has 1 aliphatic heterocycles. The molecule has 38 heavy (non-hydrogen) atoms. The minimum atomic E-state index is -0.362. The second-order valence-electron chi connectivity index (χ2n) is 9.23. The van der Waals surface area contributed by atoms with Crippen molar-refractivity contribution in [1.29, 1.82) is 0 Å². The molecule has 0 bridgehead atoms. The molecule has 0 radical (unpaired) electrons. The van der Waals surface area contributed by atoms with E-state index in [-0.39, 0.29) is 30.8 Å². The Morgan fingerprint density at radius 1 is 0.921 bits per heavy atom. The van der Waals surface area contributed by atoms with Crippen molar-refractivity contribution in [3.05, 3.63) is 87.8 Å². The molecule has 0 amide bonds. The van der Waals surface area contributed by atoms with Crippen LogP contribution in [0.25, 0.3) is 34.6 Å². The molecule has 0 aromatic heterocycles. The predicted octanol–water partition coefficient (Wildman–Crippen LogP) is 4.36. The Kier molecular flexibility index (Phi) is 7.43. The topological polar surface area (TPSA) is 71.1 Å². The third-order valence-electron chi connectivity index (χ3n) is 6.70. The highest BCUT2D eigenvalue weighted by atomic mass is 16.7. The van der Waals surface area contributed by atoms with Gasteiger partial charge in [0.05, 0.1) is 19.3 Å². The van der Waals surface area contributed by atoms with E-state index in [2.05, 4.69) is 37.3 Å². The van der Waals surface area contributed by atoms with Gasteiger partial charge >= 0.3 is 11.9 Å². The lowest BCUT2D eigenvalue weighted by Gasteiger charge is -2.26. The van der Waals surface area contributed by atoms with E-state index in [0.717, 1.165) is 49.2 Å². The average molecular weight is 511 g/mol. The summed E-state index contributed by atoms with van der Waals surface area (Å²) in [5, 5.41) is 4.24. The summed E-state index contributed by atoms with van der Waals surface area (Å²) in [6.45, 7) is 6.57. The first-order chi connectivity index (χ1) is 18.5. The van der Waals surface area contributed by atoms with E-state index in [1.807, 2.05) is 24.3 Å². The Morgan fingerprint density at radius 3 is 2.32 bits per heavy atom. The van der Waals surface area contributed by atoms with Crippen LogP contribution in [-0.2, 0) is 23.8 Å². The van der Waals surface area contributed by atoms with E-state index < -0.39 is 0 Å². The van der Waals surface area contributed by atoms with Gasteiger partial charge in [-0.2, -0.15) is 0 Å². The van der Waals surface area contributed by atoms with Crippen LogP contribution in [0.5, 0.6) is 5.75 Å². The molecule has 3 aromatic carbocycles. The third kappa shape index (κ3) is 5.13. The average Bonchev–Trinajstić information content (AvgIpc) is 3.11. The number of rotatable bonds is 6. The molecule has 0 spiro atoms. The maximum Gasteiger partial charge on any atom is 0.330 e. The van der Waals surface area contributed by atoms with Crippen LogP contribution in [0.3, 0.4) is 0 Å². The van der Waals surface area contributed by atoms with Crippen molar-refractivity contribution in [2.75, 3.05) is 20.0 Å². The number of carbonyl (C=O) groups is 2. The lowest BCUT2D eigenvalue weighted by Crippen LogP contribution is -2.40. The lowest BCUT2D eigenvalue weighted by molar-refractivity contribution is -0.138. The summed E-state index contributed by atoms with van der Waals surface area (Å²) in [5.41, 5.74) is 3.92. The molecule has 2 aliphatic rings. The van der Waals surface area contributed by atoms with Crippen LogP contribution in [0, 0.1) is 5.92 Å². The molecule has 3 aromatic rings. The number of hydrogen-bond donors (Lipinski definition) is 0. The summed E-state index contributed by atoms with van der Waals surface area (Å²) in [5.74, 6) is 0.164. The van der Waals surface area contributed by atoms with Crippen molar-refractivity contribution >= 4 is 46.5 Å². The second-order valence-corrected chi connectivity index (χ2v) is 9.23. The Morgan fingerprint density at radius 2 is 1.61 bits per heavy atom. The van der Waals surface area contributed by atoms with Crippen molar-refractivity contribution in [2.24, 2.45) is 5.92 Å². The summed E-state index contributed by atoms with van der Waals surface area (Å²) < 4.78 is 22.3. The van der Waals surface area contributed by atoms with Gasteiger partial charge in [-0.05, 0) is 76.5 Å². The van der Waals surface area contributed by atoms with Crippen LogP contribution in [0.1, 0.15) is 37.5 Å². The van der Waals surface area contributed by atoms with E-state index >= 15 is 0 Å². The Labute approximate surface area is 221 Å². The van der Waals surface area contributed by atoms with Crippen molar-refractivity contribution in [2.45, 2.75) is 26.9 Å². The molecule has 0 N–H and O–H groups in total. The van der Waals surface area contributed by atoms with Crippen molar-refractivity contribution in [3.8, 4) is 5.75 Å². The van der Waals surface area contributed by atoms with Crippen LogP contribution < -0.4 is 15.2 Å². The van der Waals surface area contributed by atoms with Crippen LogP contribution >= 0.6 is 0 Å². The molecular formula is C32H30O6. The highest BCUT2D eigenvalue weighted by Gasteiger charge is 2.31. The molecule has 0 saturated carbocycles. The Hall–Kier alpha value is -4.16. The van der Waals surface area contributed by atoms with Crippen LogP contribution in [-0.4, -0.2) is 38.0 Å². The zero-order valence-corrected chi connectivity index (χ0v) is 21.7. The summed E-state index contributed by atoms with van der Waals surface area (Å²) in [4.78, 5) is 23.6. The van der Waals surface area contributed by atoms with Crippen molar-refractivity contribution < 1.29 is 28.5 Å². The predicted molar refractivity (Wildman–Crippen MR) is 147 cm³/mol. The lowest BCUT2D eigenvalue weighted by atomic mass is 9.83. The quantitative estimate of drug-likeness (QED) is 0.363. The van der Waals surface area contributed by atoms with E-state index in [0.29, 0.717) is 13.2 Å². The fourth-order valence-corrected chi connectivity index (χ4v) is 5.08. The van der Waals surface area contributed by atoms with Gasteiger partial charge in [0.25, 0.3) is 0 Å². The van der Waals surface area contributed by atoms with Crippen molar-refractivity contribution in [3.63, 3.8) is 0 Å². The van der Waals surface area contributed by atoms with Crippen LogP contribution in [0.4, 0.5) is 0 Å². The van der Waals surface area contributed by atoms with E-state index in [9.17, 15) is 9.59 Å². The van der Waals surface area contributed by atoms with Gasteiger partial charge in [0.1, 0.15) is 5.75 Å². The minimum absolute atomic E-state index is 0.110. The summed E-state index contributed by atoms with van der Waals surface area (Å²) in [7, 11) is 0. The van der Waals surface area contributed by atoms with Crippen LogP contribution in [0.2, 0.25) is 0 Å². The third-order valence-corrected chi connectivity index (χ3v) is 6.70. The van der Waals surface area contributed by atoms with Gasteiger partial charge in [0.2, 0.25) is 0 Å². The summed E-state index contributed by atoms with van der Waals surface area (Å²) in [6.07, 6.45) is 8.47. The Bertz CT molecular complexity index is 1580. The zero-order chi connectivity index (χ0) is 26.6. The number of ether oxygens (including phenoxy) is 4. The van der Waals surface area contributed by atoms with Gasteiger partial charge in [-0.25, -0.2) is 9.59 Å². The monoisotopic (exact) mass is 510 g/mol. The molecule has 6 heteroatoms. The van der Waals surface area contributed by atoms with Gasteiger partial charge in [0, 0.05) is 29.2 Å². The van der Waals surface area contributed by atoms with Gasteiger partial charge in [-0.3, -0.25) is 0 Å². The molecule has 5 rings (SSSR count). The highest BCUT2D eigenvalue weighted by molar-refractivity contribution is 5.99. The van der Waals surface area contributed by atoms with Gasteiger partial charge in [-0.1, -0.05) is 43.3 Å². The molecule has 1 heterocycles. The van der Waals surface area contributed by atoms with E-state index in [1.54, 1.807) is 26.0 Å². The number of carbonyl (C=O) groups excluding carboxylic acids is 2. The highest BCUT2D eigenvalue weighted by Crippen LogP contribution is 2.40. The zero-order valence-electron chi connectivity index (χ0n) is 21.7. The standard InChI is InChI=1S/C32H30O6/c1-4-35-28(33)14-8-21-6-11-25-23(17-21)10-13-27-30(25)31-26-12-7-22(9-15-29(34)36-5-2)18-24(26)16-20(3)32(31)38-19-37-27/h6-18,20,32H,4-5,19H2,1-3H3/b14-8+,15-9+/t20?,32-/m0/s1. The Balaban J connectivity index is 1.65. The van der Waals surface area contributed by atoms with E-state index in [1.165, 1.54) is 12.2 Å². The molecule has 1 unspecified atom stereocenters.